The minimum atomic E-state index is -1.29. The monoisotopic (exact) mass is 342 g/mol. The van der Waals surface area contributed by atoms with Crippen molar-refractivity contribution in [2.45, 2.75) is 12.7 Å². The third-order valence-corrected chi connectivity index (χ3v) is 5.21. The van der Waals surface area contributed by atoms with Crippen molar-refractivity contribution in [3.63, 3.8) is 0 Å². The Morgan fingerprint density at radius 1 is 1.14 bits per heavy atom. The largest absolute Gasteiger partial charge is 0.339 e. The van der Waals surface area contributed by atoms with Crippen molar-refractivity contribution >= 4 is 34.2 Å². The number of carbonyl (C=O) groups excluding carboxylic acids is 2. The van der Waals surface area contributed by atoms with Gasteiger partial charge in [-0.3, -0.25) is 13.8 Å². The Hall–Kier alpha value is -1.40. The molecule has 0 bridgehead atoms. The van der Waals surface area contributed by atoms with Crippen LogP contribution in [0, 0.1) is 0 Å². The van der Waals surface area contributed by atoms with E-state index in [-0.39, 0.29) is 23.3 Å². The molecule has 7 heteroatoms. The molecule has 5 nitrogen and oxygen atoms in total. The summed E-state index contributed by atoms with van der Waals surface area (Å²) in [5.41, 5.74) is 0.789. The summed E-state index contributed by atoms with van der Waals surface area (Å²) in [5.74, 6) is 0.160. The van der Waals surface area contributed by atoms with Crippen LogP contribution in [0.15, 0.2) is 24.3 Å². The summed E-state index contributed by atoms with van der Waals surface area (Å²) in [6.07, 6.45) is 0. The molecule has 1 aliphatic heterocycles. The maximum atomic E-state index is 12.2. The van der Waals surface area contributed by atoms with Crippen LogP contribution in [0.4, 0.5) is 0 Å². The summed E-state index contributed by atoms with van der Waals surface area (Å²) in [6.45, 7) is 3.61. The molecule has 0 spiro atoms. The third kappa shape index (κ3) is 4.55. The van der Waals surface area contributed by atoms with Gasteiger partial charge in [0.2, 0.25) is 11.8 Å². The average molecular weight is 343 g/mol. The second kappa shape index (κ2) is 7.74. The number of amides is 2. The second-order valence-corrected chi connectivity index (χ2v) is 7.07. The second-order valence-electron chi connectivity index (χ2n) is 5.21. The molecule has 1 fully saturated rings. The van der Waals surface area contributed by atoms with Crippen LogP contribution in [-0.2, 0) is 26.1 Å². The van der Waals surface area contributed by atoms with Gasteiger partial charge >= 0.3 is 0 Å². The van der Waals surface area contributed by atoms with Crippen molar-refractivity contribution in [1.82, 2.24) is 9.80 Å². The number of nitrogens with zero attached hydrogens (tertiary/aromatic N) is 2. The Bertz CT molecular complexity index is 586. The minimum absolute atomic E-state index is 0.00864. The summed E-state index contributed by atoms with van der Waals surface area (Å²) in [5, 5.41) is 0.568. The fraction of sp³-hybridized carbons (Fsp3) is 0.467. The smallest absolute Gasteiger partial charge is 0.235 e. The van der Waals surface area contributed by atoms with E-state index in [1.54, 1.807) is 15.9 Å². The Kier molecular flexibility index (Phi) is 5.97. The van der Waals surface area contributed by atoms with Crippen molar-refractivity contribution in [3.05, 3.63) is 34.9 Å². The average Bonchev–Trinajstić information content (AvgIpc) is 2.49. The predicted octanol–water partition coefficient (Wildman–Crippen LogP) is 1.28. The molecule has 0 saturated carbocycles. The SMILES string of the molecule is CC(=O)N1CCN(C(=O)C[S@](=O)Cc2ccccc2Cl)CC1. The van der Waals surface area contributed by atoms with Crippen LogP contribution in [-0.4, -0.2) is 57.8 Å². The lowest BCUT2D eigenvalue weighted by molar-refractivity contribution is -0.136. The summed E-state index contributed by atoms with van der Waals surface area (Å²) in [7, 11) is -1.29. The summed E-state index contributed by atoms with van der Waals surface area (Å²) in [4.78, 5) is 26.8. The fourth-order valence-corrected chi connectivity index (χ4v) is 3.78. The molecule has 1 aromatic carbocycles. The van der Waals surface area contributed by atoms with Gasteiger partial charge < -0.3 is 9.80 Å². The van der Waals surface area contributed by atoms with E-state index in [9.17, 15) is 13.8 Å². The number of benzene rings is 1. The first-order chi connectivity index (χ1) is 10.5. The lowest BCUT2D eigenvalue weighted by atomic mass is 10.2. The number of rotatable bonds is 4. The molecular weight excluding hydrogens is 324 g/mol. The van der Waals surface area contributed by atoms with Crippen LogP contribution >= 0.6 is 11.6 Å². The molecule has 1 heterocycles. The fourth-order valence-electron chi connectivity index (χ4n) is 2.34. The highest BCUT2D eigenvalue weighted by atomic mass is 35.5. The predicted molar refractivity (Wildman–Crippen MR) is 87.0 cm³/mol. The number of carbonyl (C=O) groups is 2. The molecule has 0 N–H and O–H groups in total. The molecular formula is C15H19ClN2O3S. The molecule has 1 atom stereocenters. The van der Waals surface area contributed by atoms with E-state index >= 15 is 0 Å². The Morgan fingerprint density at radius 2 is 1.73 bits per heavy atom. The summed E-state index contributed by atoms with van der Waals surface area (Å²) in [6, 6.07) is 7.21. The first-order valence-corrected chi connectivity index (χ1v) is 8.95. The van der Waals surface area contributed by atoms with E-state index in [0.717, 1.165) is 5.56 Å². The van der Waals surface area contributed by atoms with Gasteiger partial charge in [0.1, 0.15) is 5.75 Å². The Balaban J connectivity index is 1.83. The van der Waals surface area contributed by atoms with E-state index < -0.39 is 10.8 Å². The van der Waals surface area contributed by atoms with Gasteiger partial charge in [-0.25, -0.2) is 0 Å². The van der Waals surface area contributed by atoms with Crippen LogP contribution in [0.25, 0.3) is 0 Å². The zero-order chi connectivity index (χ0) is 16.1. The lowest BCUT2D eigenvalue weighted by Gasteiger charge is -2.34. The highest BCUT2D eigenvalue weighted by molar-refractivity contribution is 7.84. The van der Waals surface area contributed by atoms with Crippen molar-refractivity contribution in [1.29, 1.82) is 0 Å². The summed E-state index contributed by atoms with van der Waals surface area (Å²) < 4.78 is 12.1. The normalized spacial score (nSPS) is 16.5. The van der Waals surface area contributed by atoms with Gasteiger partial charge in [-0.15, -0.1) is 0 Å². The van der Waals surface area contributed by atoms with Gasteiger partial charge in [-0.2, -0.15) is 0 Å². The lowest BCUT2D eigenvalue weighted by Crippen LogP contribution is -2.51. The van der Waals surface area contributed by atoms with Gasteiger partial charge in [0, 0.05) is 48.9 Å². The number of hydrogen-bond acceptors (Lipinski definition) is 3. The van der Waals surface area contributed by atoms with Gasteiger partial charge in [0.25, 0.3) is 0 Å². The Labute approximate surface area is 137 Å². The van der Waals surface area contributed by atoms with E-state index in [2.05, 4.69) is 0 Å². The molecule has 1 aromatic rings. The number of piperazine rings is 1. The molecule has 0 aromatic heterocycles. The maximum absolute atomic E-state index is 12.2. The molecule has 0 aliphatic carbocycles. The van der Waals surface area contributed by atoms with Crippen LogP contribution < -0.4 is 0 Å². The topological polar surface area (TPSA) is 57.7 Å². The van der Waals surface area contributed by atoms with E-state index in [1.807, 2.05) is 18.2 Å². The van der Waals surface area contributed by atoms with Crippen LogP contribution in [0.1, 0.15) is 12.5 Å². The van der Waals surface area contributed by atoms with Gasteiger partial charge in [0.15, 0.2) is 0 Å². The van der Waals surface area contributed by atoms with Crippen molar-refractivity contribution in [3.8, 4) is 0 Å². The summed E-state index contributed by atoms with van der Waals surface area (Å²) >= 11 is 6.03. The van der Waals surface area contributed by atoms with Crippen molar-refractivity contribution in [2.75, 3.05) is 31.9 Å². The molecule has 120 valence electrons. The maximum Gasteiger partial charge on any atom is 0.235 e. The zero-order valence-electron chi connectivity index (χ0n) is 12.5. The first kappa shape index (κ1) is 17.0. The van der Waals surface area contributed by atoms with E-state index in [1.165, 1.54) is 6.92 Å². The van der Waals surface area contributed by atoms with Crippen LogP contribution in [0.5, 0.6) is 0 Å². The molecule has 22 heavy (non-hydrogen) atoms. The third-order valence-electron chi connectivity index (χ3n) is 3.64. The number of hydrogen-bond donors (Lipinski definition) is 0. The van der Waals surface area contributed by atoms with Crippen molar-refractivity contribution in [2.24, 2.45) is 0 Å². The molecule has 1 aliphatic rings. The molecule has 2 amide bonds. The van der Waals surface area contributed by atoms with Crippen LogP contribution in [0.3, 0.4) is 0 Å². The molecule has 1 saturated heterocycles. The molecule has 0 radical (unpaired) electrons. The highest BCUT2D eigenvalue weighted by Gasteiger charge is 2.23. The molecule has 0 unspecified atom stereocenters. The molecule has 2 rings (SSSR count). The van der Waals surface area contributed by atoms with Crippen molar-refractivity contribution < 1.29 is 13.8 Å². The van der Waals surface area contributed by atoms with E-state index in [0.29, 0.717) is 31.2 Å². The zero-order valence-corrected chi connectivity index (χ0v) is 14.0. The van der Waals surface area contributed by atoms with Gasteiger partial charge in [0.05, 0.1) is 5.75 Å². The standard InChI is InChI=1S/C15H19ClN2O3S/c1-12(19)17-6-8-18(9-7-17)15(20)11-22(21)10-13-4-2-3-5-14(13)16/h2-5H,6-11H2,1H3/t22-/m1/s1. The minimum Gasteiger partial charge on any atom is -0.339 e. The van der Waals surface area contributed by atoms with Gasteiger partial charge in [-0.05, 0) is 11.6 Å². The highest BCUT2D eigenvalue weighted by Crippen LogP contribution is 2.17. The van der Waals surface area contributed by atoms with E-state index in [4.69, 9.17) is 11.6 Å². The van der Waals surface area contributed by atoms with Gasteiger partial charge in [-0.1, -0.05) is 29.8 Å². The quantitative estimate of drug-likeness (QED) is 0.828. The first-order valence-electron chi connectivity index (χ1n) is 7.09. The number of halogens is 1. The Morgan fingerprint density at radius 3 is 2.32 bits per heavy atom. The van der Waals surface area contributed by atoms with Crippen LogP contribution in [0.2, 0.25) is 5.02 Å².